The van der Waals surface area contributed by atoms with Crippen molar-refractivity contribution in [2.45, 2.75) is 55.1 Å². The molecule has 35 heavy (non-hydrogen) atoms. The Bertz CT molecular complexity index is 1260. The number of fused-ring (bicyclic) bond motifs is 1. The van der Waals surface area contributed by atoms with Crippen LogP contribution in [0.15, 0.2) is 41.3 Å². The maximum atomic E-state index is 15.0. The number of benzene rings is 2. The van der Waals surface area contributed by atoms with Crippen molar-refractivity contribution in [3.63, 3.8) is 0 Å². The molecule has 1 saturated carbocycles. The minimum atomic E-state index is -4.16. The van der Waals surface area contributed by atoms with Crippen molar-refractivity contribution in [1.82, 2.24) is 5.32 Å². The van der Waals surface area contributed by atoms with Gasteiger partial charge in [0.2, 0.25) is 11.8 Å². The molecule has 0 radical (unpaired) electrons. The standard InChI is InChI=1S/C23H23ClF3N3O4S/c24-14-3-1-13(2-4-14)11-30-19-9-16(21(31)29-15-5-7-23(26,27)8-6-15)17(25)10-20(19)35(33,34)12-18(28)22(30)32/h1-4,9-10,15,18H,5-8,11-12,28H2,(H,29,31)/t18-/m0/s1. The van der Waals surface area contributed by atoms with Crippen LogP contribution in [0.5, 0.6) is 0 Å². The molecule has 0 saturated heterocycles. The summed E-state index contributed by atoms with van der Waals surface area (Å²) < 4.78 is 67.6. The fraction of sp³-hybridized carbons (Fsp3) is 0.391. The van der Waals surface area contributed by atoms with Crippen molar-refractivity contribution >= 4 is 38.9 Å². The summed E-state index contributed by atoms with van der Waals surface area (Å²) in [6.45, 7) is -0.101. The first-order chi connectivity index (χ1) is 16.4. The Morgan fingerprint density at radius 3 is 2.43 bits per heavy atom. The molecular weight excluding hydrogens is 507 g/mol. The fourth-order valence-electron chi connectivity index (χ4n) is 4.28. The molecule has 0 aromatic heterocycles. The molecule has 1 aliphatic heterocycles. The van der Waals surface area contributed by atoms with Gasteiger partial charge in [-0.2, -0.15) is 0 Å². The van der Waals surface area contributed by atoms with E-state index in [0.29, 0.717) is 16.7 Å². The van der Waals surface area contributed by atoms with Gasteiger partial charge in [0.15, 0.2) is 9.84 Å². The number of sulfone groups is 1. The van der Waals surface area contributed by atoms with Crippen LogP contribution in [0.3, 0.4) is 0 Å². The molecule has 1 fully saturated rings. The lowest BCUT2D eigenvalue weighted by molar-refractivity contribution is -0.119. The molecule has 0 unspecified atom stereocenters. The molecule has 0 spiro atoms. The Kier molecular flexibility index (Phi) is 6.87. The highest BCUT2D eigenvalue weighted by Gasteiger charge is 2.38. The topological polar surface area (TPSA) is 110 Å². The Morgan fingerprint density at radius 2 is 1.80 bits per heavy atom. The van der Waals surface area contributed by atoms with Crippen LogP contribution in [0.4, 0.5) is 18.9 Å². The van der Waals surface area contributed by atoms with Crippen molar-refractivity contribution < 1.29 is 31.2 Å². The van der Waals surface area contributed by atoms with Gasteiger partial charge in [0.25, 0.3) is 5.91 Å². The predicted octanol–water partition coefficient (Wildman–Crippen LogP) is 3.43. The first kappa shape index (κ1) is 25.5. The van der Waals surface area contributed by atoms with Gasteiger partial charge in [0.05, 0.1) is 34.5 Å². The van der Waals surface area contributed by atoms with E-state index in [1.54, 1.807) is 24.3 Å². The molecule has 1 heterocycles. The molecule has 7 nitrogen and oxygen atoms in total. The van der Waals surface area contributed by atoms with Crippen LogP contribution in [0, 0.1) is 5.82 Å². The zero-order valence-electron chi connectivity index (χ0n) is 18.4. The number of halogens is 4. The molecule has 2 aliphatic rings. The number of amides is 2. The predicted molar refractivity (Wildman–Crippen MR) is 124 cm³/mol. The van der Waals surface area contributed by atoms with Gasteiger partial charge in [-0.25, -0.2) is 21.6 Å². The van der Waals surface area contributed by atoms with E-state index in [4.69, 9.17) is 17.3 Å². The highest BCUT2D eigenvalue weighted by molar-refractivity contribution is 7.91. The number of hydrogen-bond donors (Lipinski definition) is 2. The summed E-state index contributed by atoms with van der Waals surface area (Å²) in [6.07, 6.45) is -0.750. The SMILES string of the molecule is N[C@H]1CS(=O)(=O)c2cc(F)c(C(=O)NC3CCC(F)(F)CC3)cc2N(Cc2ccc(Cl)cc2)C1=O. The number of carbonyl (C=O) groups excluding carboxylic acids is 2. The third-order valence-corrected chi connectivity index (χ3v) is 8.25. The molecule has 2 amide bonds. The maximum Gasteiger partial charge on any atom is 0.254 e. The average Bonchev–Trinajstić information content (AvgIpc) is 2.85. The second-order valence-electron chi connectivity index (χ2n) is 8.84. The van der Waals surface area contributed by atoms with Gasteiger partial charge in [-0.1, -0.05) is 23.7 Å². The van der Waals surface area contributed by atoms with Crippen LogP contribution in [-0.2, 0) is 21.2 Å². The van der Waals surface area contributed by atoms with Gasteiger partial charge in [-0.15, -0.1) is 0 Å². The molecule has 1 aliphatic carbocycles. The van der Waals surface area contributed by atoms with Crippen molar-refractivity contribution in [3.05, 3.63) is 58.4 Å². The van der Waals surface area contributed by atoms with Gasteiger partial charge in [0.1, 0.15) is 5.82 Å². The van der Waals surface area contributed by atoms with Crippen LogP contribution >= 0.6 is 11.6 Å². The summed E-state index contributed by atoms with van der Waals surface area (Å²) in [7, 11) is -4.16. The summed E-state index contributed by atoms with van der Waals surface area (Å²) in [5.41, 5.74) is 5.77. The summed E-state index contributed by atoms with van der Waals surface area (Å²) in [5.74, 6) is -6.23. The highest BCUT2D eigenvalue weighted by atomic mass is 35.5. The smallest absolute Gasteiger partial charge is 0.254 e. The fourth-order valence-corrected chi connectivity index (χ4v) is 5.97. The molecule has 2 aromatic rings. The van der Waals surface area contributed by atoms with E-state index < -0.39 is 74.5 Å². The Balaban J connectivity index is 1.72. The second-order valence-corrected chi connectivity index (χ2v) is 11.3. The van der Waals surface area contributed by atoms with E-state index in [1.807, 2.05) is 0 Å². The second kappa shape index (κ2) is 9.44. The minimum Gasteiger partial charge on any atom is -0.349 e. The van der Waals surface area contributed by atoms with Gasteiger partial charge >= 0.3 is 0 Å². The number of carbonyl (C=O) groups is 2. The first-order valence-corrected chi connectivity index (χ1v) is 13.0. The summed E-state index contributed by atoms with van der Waals surface area (Å²) >= 11 is 5.91. The van der Waals surface area contributed by atoms with E-state index >= 15 is 0 Å². The van der Waals surface area contributed by atoms with Crippen molar-refractivity contribution in [3.8, 4) is 0 Å². The lowest BCUT2D eigenvalue weighted by Crippen LogP contribution is -2.45. The van der Waals surface area contributed by atoms with Crippen LogP contribution in [-0.4, -0.2) is 44.0 Å². The van der Waals surface area contributed by atoms with E-state index in [2.05, 4.69) is 5.32 Å². The van der Waals surface area contributed by atoms with Crippen LogP contribution in [0.2, 0.25) is 5.02 Å². The average molecular weight is 530 g/mol. The van der Waals surface area contributed by atoms with E-state index in [1.165, 1.54) is 0 Å². The number of nitrogens with zero attached hydrogens (tertiary/aromatic N) is 1. The third-order valence-electron chi connectivity index (χ3n) is 6.21. The summed E-state index contributed by atoms with van der Waals surface area (Å²) in [4.78, 5) is 26.5. The Hall–Kier alpha value is -2.63. The molecular formula is C23H23ClF3N3O4S. The molecule has 3 N–H and O–H groups in total. The zero-order chi connectivity index (χ0) is 25.5. The van der Waals surface area contributed by atoms with E-state index in [-0.39, 0.29) is 25.1 Å². The minimum absolute atomic E-state index is 0.0235. The first-order valence-electron chi connectivity index (χ1n) is 10.9. The van der Waals surface area contributed by atoms with Gasteiger partial charge < -0.3 is 16.0 Å². The van der Waals surface area contributed by atoms with Gasteiger partial charge in [0, 0.05) is 23.9 Å². The summed E-state index contributed by atoms with van der Waals surface area (Å²) in [6, 6.07) is 6.18. The normalized spacial score (nSPS) is 21.8. The number of hydrogen-bond acceptors (Lipinski definition) is 5. The van der Waals surface area contributed by atoms with Crippen molar-refractivity contribution in [2.24, 2.45) is 5.73 Å². The van der Waals surface area contributed by atoms with Gasteiger partial charge in [-0.3, -0.25) is 9.59 Å². The number of rotatable bonds is 4. The monoisotopic (exact) mass is 529 g/mol. The zero-order valence-corrected chi connectivity index (χ0v) is 20.0. The largest absolute Gasteiger partial charge is 0.349 e. The van der Waals surface area contributed by atoms with E-state index in [9.17, 15) is 31.2 Å². The molecule has 2 aromatic carbocycles. The van der Waals surface area contributed by atoms with Crippen LogP contribution < -0.4 is 16.0 Å². The summed E-state index contributed by atoms with van der Waals surface area (Å²) in [5, 5.41) is 3.00. The Morgan fingerprint density at radius 1 is 1.17 bits per heavy atom. The highest BCUT2D eigenvalue weighted by Crippen LogP contribution is 2.35. The number of nitrogens with two attached hydrogens (primary N) is 1. The molecule has 188 valence electrons. The molecule has 12 heteroatoms. The molecule has 1 atom stereocenters. The quantitative estimate of drug-likeness (QED) is 0.630. The Labute approximate surface area is 205 Å². The van der Waals surface area contributed by atoms with Crippen LogP contribution in [0.25, 0.3) is 0 Å². The van der Waals surface area contributed by atoms with E-state index in [0.717, 1.165) is 11.0 Å². The van der Waals surface area contributed by atoms with Crippen LogP contribution in [0.1, 0.15) is 41.6 Å². The lowest BCUT2D eigenvalue weighted by Gasteiger charge is -2.29. The molecule has 4 rings (SSSR count). The number of anilines is 1. The maximum absolute atomic E-state index is 15.0. The third kappa shape index (κ3) is 5.46. The van der Waals surface area contributed by atoms with Crippen molar-refractivity contribution in [2.75, 3.05) is 10.7 Å². The number of alkyl halides is 2. The molecule has 0 bridgehead atoms. The number of nitrogens with one attached hydrogen (secondary N) is 1. The van der Waals surface area contributed by atoms with Crippen molar-refractivity contribution in [1.29, 1.82) is 0 Å². The van der Waals surface area contributed by atoms with Gasteiger partial charge in [-0.05, 0) is 42.7 Å². The lowest BCUT2D eigenvalue weighted by atomic mass is 9.92.